The SMILES string of the molecule is O=C(C1CCC1)N1[C@@H](CO)[C@@H](c2ccccc2)C12CN(CCC(F)(F)F)C2. The lowest BCUT2D eigenvalue weighted by Crippen LogP contribution is -2.86. The van der Waals surface area contributed by atoms with E-state index in [4.69, 9.17) is 0 Å². The van der Waals surface area contributed by atoms with Gasteiger partial charge in [0.25, 0.3) is 0 Å². The van der Waals surface area contributed by atoms with Gasteiger partial charge in [0, 0.05) is 31.5 Å². The Morgan fingerprint density at radius 2 is 1.85 bits per heavy atom. The van der Waals surface area contributed by atoms with Crippen molar-refractivity contribution < 1.29 is 23.1 Å². The molecule has 27 heavy (non-hydrogen) atoms. The number of amides is 1. The molecule has 1 aromatic carbocycles. The van der Waals surface area contributed by atoms with Crippen LogP contribution in [0.2, 0.25) is 0 Å². The third-order valence-electron chi connectivity index (χ3n) is 6.52. The van der Waals surface area contributed by atoms with Gasteiger partial charge in [0.15, 0.2) is 0 Å². The number of hydrogen-bond donors (Lipinski definition) is 1. The van der Waals surface area contributed by atoms with E-state index in [9.17, 15) is 23.1 Å². The van der Waals surface area contributed by atoms with E-state index in [2.05, 4.69) is 0 Å². The zero-order chi connectivity index (χ0) is 19.2. The minimum absolute atomic E-state index is 0.0110. The molecule has 2 heterocycles. The van der Waals surface area contributed by atoms with Gasteiger partial charge in [-0.15, -0.1) is 0 Å². The molecule has 2 saturated heterocycles. The van der Waals surface area contributed by atoms with Crippen LogP contribution in [0.25, 0.3) is 0 Å². The van der Waals surface area contributed by atoms with Gasteiger partial charge in [0.05, 0.1) is 24.6 Å². The molecule has 7 heteroatoms. The third-order valence-corrected chi connectivity index (χ3v) is 6.52. The van der Waals surface area contributed by atoms with E-state index in [1.54, 1.807) is 4.90 Å². The average Bonchev–Trinajstić information content (AvgIpc) is 2.50. The molecule has 2 aliphatic heterocycles. The maximum absolute atomic E-state index is 13.0. The Morgan fingerprint density at radius 3 is 2.37 bits per heavy atom. The van der Waals surface area contributed by atoms with E-state index in [1.165, 1.54) is 0 Å². The molecule has 2 atom stereocenters. The van der Waals surface area contributed by atoms with Crippen molar-refractivity contribution in [3.63, 3.8) is 0 Å². The summed E-state index contributed by atoms with van der Waals surface area (Å²) in [5, 5.41) is 9.98. The largest absolute Gasteiger partial charge is 0.394 e. The number of hydrogen-bond acceptors (Lipinski definition) is 3. The quantitative estimate of drug-likeness (QED) is 0.852. The first kappa shape index (κ1) is 18.7. The molecule has 1 amide bonds. The Bertz CT molecular complexity index is 684. The fraction of sp³-hybridized carbons (Fsp3) is 0.650. The molecule has 3 aliphatic rings. The molecule has 148 valence electrons. The molecular formula is C20H25F3N2O2. The van der Waals surface area contributed by atoms with Crippen molar-refractivity contribution in [3.8, 4) is 0 Å². The molecule has 1 aromatic rings. The fourth-order valence-corrected chi connectivity index (χ4v) is 5.04. The summed E-state index contributed by atoms with van der Waals surface area (Å²) in [4.78, 5) is 16.6. The van der Waals surface area contributed by atoms with E-state index >= 15 is 0 Å². The van der Waals surface area contributed by atoms with Gasteiger partial charge < -0.3 is 10.0 Å². The summed E-state index contributed by atoms with van der Waals surface area (Å²) in [5.41, 5.74) is 0.567. The topological polar surface area (TPSA) is 43.8 Å². The van der Waals surface area contributed by atoms with E-state index in [1.807, 2.05) is 35.2 Å². The molecule has 0 unspecified atom stereocenters. The highest BCUT2D eigenvalue weighted by atomic mass is 19.4. The second-order valence-electron chi connectivity index (χ2n) is 8.15. The predicted molar refractivity (Wildman–Crippen MR) is 94.1 cm³/mol. The minimum Gasteiger partial charge on any atom is -0.394 e. The second kappa shape index (κ2) is 6.78. The fourth-order valence-electron chi connectivity index (χ4n) is 5.04. The highest BCUT2D eigenvalue weighted by molar-refractivity contribution is 5.83. The lowest BCUT2D eigenvalue weighted by molar-refractivity contribution is -0.210. The van der Waals surface area contributed by atoms with Crippen molar-refractivity contribution in [2.45, 2.75) is 49.4 Å². The molecule has 0 bridgehead atoms. The highest BCUT2D eigenvalue weighted by Crippen LogP contribution is 2.55. The molecule has 3 fully saturated rings. The van der Waals surface area contributed by atoms with Gasteiger partial charge in [-0.05, 0) is 18.4 Å². The zero-order valence-corrected chi connectivity index (χ0v) is 15.2. The van der Waals surface area contributed by atoms with E-state index < -0.39 is 18.1 Å². The van der Waals surface area contributed by atoms with Crippen molar-refractivity contribution in [1.29, 1.82) is 0 Å². The normalized spacial score (nSPS) is 27.8. The van der Waals surface area contributed by atoms with Crippen LogP contribution in [0.15, 0.2) is 30.3 Å². The molecular weight excluding hydrogens is 357 g/mol. The van der Waals surface area contributed by atoms with Crippen LogP contribution in [0.4, 0.5) is 13.2 Å². The summed E-state index contributed by atoms with van der Waals surface area (Å²) < 4.78 is 37.7. The summed E-state index contributed by atoms with van der Waals surface area (Å²) in [6.07, 6.45) is -2.22. The van der Waals surface area contributed by atoms with Gasteiger partial charge in [0.2, 0.25) is 5.91 Å². The number of halogens is 3. The molecule has 4 rings (SSSR count). The summed E-state index contributed by atoms with van der Waals surface area (Å²) in [5.74, 6) is 0.0506. The first-order valence-corrected chi connectivity index (χ1v) is 9.64. The van der Waals surface area contributed by atoms with E-state index in [0.717, 1.165) is 24.8 Å². The smallest absolute Gasteiger partial charge is 0.390 e. The standard InChI is InChI=1S/C20H25F3N2O2/c21-20(22,23)9-10-24-12-19(13-24)17(14-5-2-1-3-6-14)16(11-26)25(19)18(27)15-7-4-8-15/h1-3,5-6,15-17,26H,4,7-13H2/t16-,17+/m0/s1. The van der Waals surface area contributed by atoms with Gasteiger partial charge in [-0.3, -0.25) is 9.69 Å². The molecule has 4 nitrogen and oxygen atoms in total. The van der Waals surface area contributed by atoms with Gasteiger partial charge in [-0.25, -0.2) is 0 Å². The Labute approximate surface area is 156 Å². The summed E-state index contributed by atoms with van der Waals surface area (Å²) in [7, 11) is 0. The van der Waals surface area contributed by atoms with Gasteiger partial charge in [-0.2, -0.15) is 13.2 Å². The second-order valence-corrected chi connectivity index (χ2v) is 8.15. The molecule has 1 aliphatic carbocycles. The first-order chi connectivity index (χ1) is 12.9. The number of aliphatic hydroxyl groups is 1. The Morgan fingerprint density at radius 1 is 1.19 bits per heavy atom. The summed E-state index contributed by atoms with van der Waals surface area (Å²) in [6, 6.07) is 9.44. The van der Waals surface area contributed by atoms with Crippen LogP contribution in [-0.4, -0.2) is 64.8 Å². The van der Waals surface area contributed by atoms with Crippen molar-refractivity contribution >= 4 is 5.91 Å². The number of rotatable bonds is 5. The number of carbonyl (C=O) groups is 1. The lowest BCUT2D eigenvalue weighted by atomic mass is 9.60. The van der Waals surface area contributed by atoms with Crippen LogP contribution in [-0.2, 0) is 4.79 Å². The maximum atomic E-state index is 13.0. The van der Waals surface area contributed by atoms with E-state index in [-0.39, 0.29) is 36.9 Å². The van der Waals surface area contributed by atoms with Crippen LogP contribution in [0.3, 0.4) is 0 Å². The van der Waals surface area contributed by atoms with Crippen LogP contribution in [0, 0.1) is 5.92 Å². The van der Waals surface area contributed by atoms with Crippen LogP contribution < -0.4 is 0 Å². The molecule has 0 aromatic heterocycles. The van der Waals surface area contributed by atoms with Crippen molar-refractivity contribution in [2.75, 3.05) is 26.2 Å². The van der Waals surface area contributed by atoms with Gasteiger partial charge >= 0.3 is 6.18 Å². The number of alkyl halides is 3. The van der Waals surface area contributed by atoms with Crippen LogP contribution in [0.1, 0.15) is 37.2 Å². The summed E-state index contributed by atoms with van der Waals surface area (Å²) in [6.45, 7) is 0.722. The highest BCUT2D eigenvalue weighted by Gasteiger charge is 2.67. The van der Waals surface area contributed by atoms with E-state index in [0.29, 0.717) is 13.1 Å². The summed E-state index contributed by atoms with van der Waals surface area (Å²) >= 11 is 0. The Hall–Kier alpha value is -1.60. The number of benzene rings is 1. The Balaban J connectivity index is 1.55. The van der Waals surface area contributed by atoms with Crippen molar-refractivity contribution in [1.82, 2.24) is 9.80 Å². The first-order valence-electron chi connectivity index (χ1n) is 9.64. The monoisotopic (exact) mass is 382 g/mol. The maximum Gasteiger partial charge on any atom is 0.390 e. The minimum atomic E-state index is -4.17. The number of nitrogens with zero attached hydrogens (tertiary/aromatic N) is 2. The third kappa shape index (κ3) is 3.14. The van der Waals surface area contributed by atoms with Crippen LogP contribution >= 0.6 is 0 Å². The average molecular weight is 382 g/mol. The number of likely N-dealkylation sites (tertiary alicyclic amines) is 2. The zero-order valence-electron chi connectivity index (χ0n) is 15.2. The molecule has 1 saturated carbocycles. The predicted octanol–water partition coefficient (Wildman–Crippen LogP) is 2.78. The molecule has 1 spiro atoms. The Kier molecular flexibility index (Phi) is 4.71. The van der Waals surface area contributed by atoms with Crippen LogP contribution in [0.5, 0.6) is 0 Å². The molecule has 1 N–H and O–H groups in total. The number of carbonyl (C=O) groups excluding carboxylic acids is 1. The van der Waals surface area contributed by atoms with Crippen molar-refractivity contribution in [2.24, 2.45) is 5.92 Å². The van der Waals surface area contributed by atoms with Gasteiger partial charge in [0.1, 0.15) is 0 Å². The molecule has 0 radical (unpaired) electrons. The lowest BCUT2D eigenvalue weighted by Gasteiger charge is -2.71. The van der Waals surface area contributed by atoms with Crippen molar-refractivity contribution in [3.05, 3.63) is 35.9 Å². The number of aliphatic hydroxyl groups excluding tert-OH is 1. The van der Waals surface area contributed by atoms with Gasteiger partial charge in [-0.1, -0.05) is 36.8 Å².